The predicted octanol–water partition coefficient (Wildman–Crippen LogP) is 3.81. The molecule has 30 heavy (non-hydrogen) atoms. The first kappa shape index (κ1) is 20.6. The third kappa shape index (κ3) is 4.42. The average Bonchev–Trinajstić information content (AvgIpc) is 3.12. The normalized spacial score (nSPS) is 15.0. The third-order valence-electron chi connectivity index (χ3n) is 5.56. The fourth-order valence-electron chi connectivity index (χ4n) is 3.84. The number of hydrogen-bond acceptors (Lipinski definition) is 4. The van der Waals surface area contributed by atoms with E-state index < -0.39 is 0 Å². The van der Waals surface area contributed by atoms with Gasteiger partial charge in [0.05, 0.1) is 10.7 Å². The van der Waals surface area contributed by atoms with Gasteiger partial charge in [0, 0.05) is 51.9 Å². The number of nitrogens with one attached hydrogen (secondary N) is 1. The Bertz CT molecular complexity index is 1040. The number of hydrogen-bond donors (Lipinski definition) is 1. The monoisotopic (exact) mass is 426 g/mol. The van der Waals surface area contributed by atoms with Gasteiger partial charge in [0.2, 0.25) is 0 Å². The van der Waals surface area contributed by atoms with Gasteiger partial charge in [-0.2, -0.15) is 0 Å². The number of carbonyl (C=O) groups is 1. The van der Waals surface area contributed by atoms with E-state index in [-0.39, 0.29) is 6.03 Å². The summed E-state index contributed by atoms with van der Waals surface area (Å²) < 4.78 is 2.22. The minimum Gasteiger partial charge on any atom is -0.322 e. The SMILES string of the molecule is CCc1nc2cccnc2n1CCN1CCN(C(=O)Nc2ccc(C)cc2Cl)CC1. The van der Waals surface area contributed by atoms with E-state index in [2.05, 4.69) is 26.7 Å². The molecule has 3 heterocycles. The Balaban J connectivity index is 1.31. The highest BCUT2D eigenvalue weighted by atomic mass is 35.5. The van der Waals surface area contributed by atoms with Crippen molar-refractivity contribution in [2.75, 3.05) is 38.0 Å². The maximum absolute atomic E-state index is 12.6. The van der Waals surface area contributed by atoms with Gasteiger partial charge < -0.3 is 14.8 Å². The lowest BCUT2D eigenvalue weighted by Crippen LogP contribution is -2.50. The van der Waals surface area contributed by atoms with Gasteiger partial charge in [-0.1, -0.05) is 24.6 Å². The molecule has 1 aliphatic heterocycles. The summed E-state index contributed by atoms with van der Waals surface area (Å²) in [4.78, 5) is 26.0. The van der Waals surface area contributed by atoms with Crippen LogP contribution in [0.25, 0.3) is 11.2 Å². The van der Waals surface area contributed by atoms with Crippen LogP contribution in [0.15, 0.2) is 36.5 Å². The first-order chi connectivity index (χ1) is 14.5. The number of nitrogens with zero attached hydrogens (tertiary/aromatic N) is 5. The lowest BCUT2D eigenvalue weighted by atomic mass is 10.2. The Kier molecular flexibility index (Phi) is 6.20. The summed E-state index contributed by atoms with van der Waals surface area (Å²) in [6.45, 7) is 8.93. The highest BCUT2D eigenvalue weighted by Crippen LogP contribution is 2.23. The molecule has 158 valence electrons. The largest absolute Gasteiger partial charge is 0.322 e. The number of rotatable bonds is 5. The Labute approximate surface area is 181 Å². The van der Waals surface area contributed by atoms with Crippen molar-refractivity contribution >= 4 is 34.5 Å². The molecule has 0 atom stereocenters. The van der Waals surface area contributed by atoms with Crippen molar-refractivity contribution in [1.29, 1.82) is 0 Å². The molecule has 1 aromatic carbocycles. The molecule has 1 N–H and O–H groups in total. The molecular weight excluding hydrogens is 400 g/mol. The van der Waals surface area contributed by atoms with Crippen molar-refractivity contribution in [2.45, 2.75) is 26.8 Å². The zero-order valence-corrected chi connectivity index (χ0v) is 18.2. The summed E-state index contributed by atoms with van der Waals surface area (Å²) in [6.07, 6.45) is 2.70. The van der Waals surface area contributed by atoms with E-state index in [1.165, 1.54) is 0 Å². The highest BCUT2D eigenvalue weighted by Gasteiger charge is 2.22. The number of pyridine rings is 1. The van der Waals surface area contributed by atoms with Gasteiger partial charge in [-0.15, -0.1) is 0 Å². The molecule has 0 radical (unpaired) electrons. The summed E-state index contributed by atoms with van der Waals surface area (Å²) in [7, 11) is 0. The van der Waals surface area contributed by atoms with Crippen LogP contribution in [-0.4, -0.2) is 63.1 Å². The van der Waals surface area contributed by atoms with Gasteiger partial charge in [-0.25, -0.2) is 14.8 Å². The molecule has 3 aromatic rings. The number of halogens is 1. The second-order valence-corrected chi connectivity index (χ2v) is 8.03. The third-order valence-corrected chi connectivity index (χ3v) is 5.88. The number of aryl methyl sites for hydroxylation is 2. The second-order valence-electron chi connectivity index (χ2n) is 7.62. The lowest BCUT2D eigenvalue weighted by Gasteiger charge is -2.34. The molecule has 4 rings (SSSR count). The summed E-state index contributed by atoms with van der Waals surface area (Å²) in [5.41, 5.74) is 3.62. The molecule has 7 nitrogen and oxygen atoms in total. The van der Waals surface area contributed by atoms with E-state index >= 15 is 0 Å². The molecule has 2 amide bonds. The van der Waals surface area contributed by atoms with E-state index in [1.807, 2.05) is 48.4 Å². The van der Waals surface area contributed by atoms with E-state index in [4.69, 9.17) is 16.6 Å². The molecule has 2 aromatic heterocycles. The Morgan fingerprint density at radius 3 is 2.70 bits per heavy atom. The average molecular weight is 427 g/mol. The molecule has 0 aliphatic carbocycles. The van der Waals surface area contributed by atoms with Crippen LogP contribution in [0.4, 0.5) is 10.5 Å². The number of fused-ring (bicyclic) bond motifs is 1. The van der Waals surface area contributed by atoms with Crippen molar-refractivity contribution in [3.63, 3.8) is 0 Å². The summed E-state index contributed by atoms with van der Waals surface area (Å²) in [5, 5.41) is 3.49. The number of aromatic nitrogens is 3. The first-order valence-corrected chi connectivity index (χ1v) is 10.8. The molecule has 1 aliphatic rings. The zero-order valence-electron chi connectivity index (χ0n) is 17.4. The number of amides is 2. The standard InChI is InChI=1S/C22H27ClN6O/c1-3-20-25-19-5-4-8-24-21(19)29(20)14-11-27-9-12-28(13-10-27)22(30)26-18-7-6-16(2)15-17(18)23/h4-8,15H,3,9-14H2,1-2H3,(H,26,30). The fourth-order valence-corrected chi connectivity index (χ4v) is 4.12. The molecule has 8 heteroatoms. The predicted molar refractivity (Wildman–Crippen MR) is 120 cm³/mol. The van der Waals surface area contributed by atoms with Crippen LogP contribution >= 0.6 is 11.6 Å². The van der Waals surface area contributed by atoms with Crippen molar-refractivity contribution in [2.24, 2.45) is 0 Å². The molecular formula is C22H27ClN6O. The Morgan fingerprint density at radius 1 is 1.17 bits per heavy atom. The van der Waals surface area contributed by atoms with Gasteiger partial charge in [0.15, 0.2) is 5.65 Å². The number of carbonyl (C=O) groups excluding carboxylic acids is 1. The Hall–Kier alpha value is -2.64. The van der Waals surface area contributed by atoms with Crippen molar-refractivity contribution in [3.8, 4) is 0 Å². The number of urea groups is 1. The van der Waals surface area contributed by atoms with Gasteiger partial charge >= 0.3 is 6.03 Å². The molecule has 0 unspecified atom stereocenters. The number of piperazine rings is 1. The molecule has 0 bridgehead atoms. The van der Waals surface area contributed by atoms with Crippen LogP contribution < -0.4 is 5.32 Å². The van der Waals surface area contributed by atoms with Gasteiger partial charge in [0.25, 0.3) is 0 Å². The first-order valence-electron chi connectivity index (χ1n) is 10.4. The maximum Gasteiger partial charge on any atom is 0.321 e. The second kappa shape index (κ2) is 9.02. The summed E-state index contributed by atoms with van der Waals surface area (Å²) in [6, 6.07) is 9.48. The molecule has 0 spiro atoms. The van der Waals surface area contributed by atoms with Gasteiger partial charge in [-0.3, -0.25) is 4.90 Å². The van der Waals surface area contributed by atoms with Crippen LogP contribution in [0.5, 0.6) is 0 Å². The number of benzene rings is 1. The van der Waals surface area contributed by atoms with Crippen molar-refractivity contribution in [3.05, 3.63) is 52.9 Å². The topological polar surface area (TPSA) is 66.3 Å². The number of imidazole rings is 1. The Morgan fingerprint density at radius 2 is 1.97 bits per heavy atom. The minimum atomic E-state index is -0.0986. The molecule has 1 saturated heterocycles. The van der Waals surface area contributed by atoms with E-state index in [1.54, 1.807) is 0 Å². The van der Waals surface area contributed by atoms with E-state index in [9.17, 15) is 4.79 Å². The lowest BCUT2D eigenvalue weighted by molar-refractivity contribution is 0.144. The van der Waals surface area contributed by atoms with E-state index in [0.717, 1.165) is 55.2 Å². The van der Waals surface area contributed by atoms with Crippen LogP contribution in [-0.2, 0) is 13.0 Å². The van der Waals surface area contributed by atoms with E-state index in [0.29, 0.717) is 23.8 Å². The number of anilines is 1. The summed E-state index contributed by atoms with van der Waals surface area (Å²) >= 11 is 6.24. The molecule has 0 saturated carbocycles. The van der Waals surface area contributed by atoms with Crippen molar-refractivity contribution in [1.82, 2.24) is 24.3 Å². The van der Waals surface area contributed by atoms with Crippen LogP contribution in [0.2, 0.25) is 5.02 Å². The van der Waals surface area contributed by atoms with Gasteiger partial charge in [0.1, 0.15) is 11.3 Å². The van der Waals surface area contributed by atoms with Crippen LogP contribution in [0.1, 0.15) is 18.3 Å². The molecule has 1 fully saturated rings. The van der Waals surface area contributed by atoms with Crippen LogP contribution in [0, 0.1) is 6.92 Å². The smallest absolute Gasteiger partial charge is 0.321 e. The highest BCUT2D eigenvalue weighted by molar-refractivity contribution is 6.33. The zero-order chi connectivity index (χ0) is 21.1. The maximum atomic E-state index is 12.6. The summed E-state index contributed by atoms with van der Waals surface area (Å²) in [5.74, 6) is 1.07. The quantitative estimate of drug-likeness (QED) is 0.673. The fraction of sp³-hybridized carbons (Fsp3) is 0.409. The van der Waals surface area contributed by atoms with Crippen LogP contribution in [0.3, 0.4) is 0 Å². The van der Waals surface area contributed by atoms with Crippen molar-refractivity contribution < 1.29 is 4.79 Å². The minimum absolute atomic E-state index is 0.0986. The van der Waals surface area contributed by atoms with Gasteiger partial charge in [-0.05, 0) is 36.8 Å².